The summed E-state index contributed by atoms with van der Waals surface area (Å²) < 4.78 is 0. The maximum Gasteiger partial charge on any atom is 0.237 e. The highest BCUT2D eigenvalue weighted by atomic mass is 16.2. The summed E-state index contributed by atoms with van der Waals surface area (Å²) in [5.41, 5.74) is 3.78. The van der Waals surface area contributed by atoms with Crippen molar-refractivity contribution >= 4 is 29.2 Å². The first-order valence-corrected chi connectivity index (χ1v) is 9.63. The van der Waals surface area contributed by atoms with E-state index in [2.05, 4.69) is 41.3 Å². The fourth-order valence-corrected chi connectivity index (χ4v) is 3.39. The zero-order valence-corrected chi connectivity index (χ0v) is 16.3. The SMILES string of the molecule is CCN(CC)CC(C)Nc1ccc(N=CC2C(=O)Nc3ccccc32)cc1. The molecule has 2 atom stereocenters. The molecule has 0 aromatic heterocycles. The molecule has 3 rings (SSSR count). The van der Waals surface area contributed by atoms with Crippen LogP contribution in [0.1, 0.15) is 32.3 Å². The third kappa shape index (κ3) is 4.74. The van der Waals surface area contributed by atoms with Crippen LogP contribution in [0.25, 0.3) is 0 Å². The highest BCUT2D eigenvalue weighted by molar-refractivity contribution is 6.12. The molecule has 0 saturated heterocycles. The molecule has 5 heteroatoms. The van der Waals surface area contributed by atoms with Crippen LogP contribution < -0.4 is 10.6 Å². The van der Waals surface area contributed by atoms with Gasteiger partial charge in [0.2, 0.25) is 5.91 Å². The molecule has 142 valence electrons. The number of nitrogens with one attached hydrogen (secondary N) is 2. The maximum atomic E-state index is 12.1. The first kappa shape index (κ1) is 19.1. The molecule has 27 heavy (non-hydrogen) atoms. The number of anilines is 2. The van der Waals surface area contributed by atoms with Gasteiger partial charge in [-0.05, 0) is 55.9 Å². The van der Waals surface area contributed by atoms with Crippen molar-refractivity contribution in [3.63, 3.8) is 0 Å². The molecule has 1 amide bonds. The Balaban J connectivity index is 1.61. The third-order valence-corrected chi connectivity index (χ3v) is 4.92. The van der Waals surface area contributed by atoms with Gasteiger partial charge in [0.15, 0.2) is 0 Å². The van der Waals surface area contributed by atoms with E-state index in [1.807, 2.05) is 48.5 Å². The molecule has 5 nitrogen and oxygen atoms in total. The molecule has 0 fully saturated rings. The molecule has 2 unspecified atom stereocenters. The number of hydrogen-bond donors (Lipinski definition) is 2. The van der Waals surface area contributed by atoms with Gasteiger partial charge in [0.25, 0.3) is 0 Å². The van der Waals surface area contributed by atoms with Crippen molar-refractivity contribution in [3.05, 3.63) is 54.1 Å². The molecule has 1 heterocycles. The first-order chi connectivity index (χ1) is 13.1. The first-order valence-electron chi connectivity index (χ1n) is 9.63. The van der Waals surface area contributed by atoms with E-state index >= 15 is 0 Å². The normalized spacial score (nSPS) is 17.2. The highest BCUT2D eigenvalue weighted by Gasteiger charge is 2.28. The van der Waals surface area contributed by atoms with Crippen LogP contribution in [-0.4, -0.2) is 42.7 Å². The number of benzene rings is 2. The number of aliphatic imine (C=N–C) groups is 1. The lowest BCUT2D eigenvalue weighted by Crippen LogP contribution is -2.34. The Morgan fingerprint density at radius 3 is 2.56 bits per heavy atom. The number of para-hydroxylation sites is 1. The minimum absolute atomic E-state index is 0.0246. The Bertz CT molecular complexity index is 796. The molecule has 0 saturated carbocycles. The fraction of sp³-hybridized carbons (Fsp3) is 0.364. The van der Waals surface area contributed by atoms with Gasteiger partial charge in [0, 0.05) is 30.2 Å². The summed E-state index contributed by atoms with van der Waals surface area (Å²) in [5.74, 6) is -0.350. The van der Waals surface area contributed by atoms with Gasteiger partial charge in [-0.2, -0.15) is 0 Å². The third-order valence-electron chi connectivity index (χ3n) is 4.92. The highest BCUT2D eigenvalue weighted by Crippen LogP contribution is 2.31. The second-order valence-electron chi connectivity index (χ2n) is 6.91. The summed E-state index contributed by atoms with van der Waals surface area (Å²) in [5, 5.41) is 6.42. The van der Waals surface area contributed by atoms with Crippen molar-refractivity contribution in [1.82, 2.24) is 4.90 Å². The number of fused-ring (bicyclic) bond motifs is 1. The van der Waals surface area contributed by atoms with Crippen LogP contribution >= 0.6 is 0 Å². The molecule has 0 spiro atoms. The molecule has 1 aliphatic heterocycles. The van der Waals surface area contributed by atoms with E-state index in [-0.39, 0.29) is 11.8 Å². The zero-order chi connectivity index (χ0) is 19.2. The standard InChI is InChI=1S/C22H28N4O/c1-4-26(5-2)15-16(3)24-18-12-10-17(11-13-18)23-14-20-19-8-6-7-9-21(19)25-22(20)27/h6-14,16,20,24H,4-5,15H2,1-3H3,(H,25,27). The van der Waals surface area contributed by atoms with Crippen molar-refractivity contribution in [1.29, 1.82) is 0 Å². The number of carbonyl (C=O) groups excluding carboxylic acids is 1. The quantitative estimate of drug-likeness (QED) is 0.688. The Labute approximate surface area is 161 Å². The number of carbonyl (C=O) groups is 1. The van der Waals surface area contributed by atoms with E-state index in [1.54, 1.807) is 6.21 Å². The van der Waals surface area contributed by atoms with Crippen LogP contribution in [0.5, 0.6) is 0 Å². The number of amides is 1. The van der Waals surface area contributed by atoms with E-state index in [0.29, 0.717) is 6.04 Å². The van der Waals surface area contributed by atoms with E-state index < -0.39 is 0 Å². The smallest absolute Gasteiger partial charge is 0.237 e. The molecule has 2 N–H and O–H groups in total. The van der Waals surface area contributed by atoms with Crippen molar-refractivity contribution in [2.75, 3.05) is 30.3 Å². The fourth-order valence-electron chi connectivity index (χ4n) is 3.39. The number of rotatable bonds is 8. The van der Waals surface area contributed by atoms with Gasteiger partial charge >= 0.3 is 0 Å². The van der Waals surface area contributed by atoms with Gasteiger partial charge in [0.05, 0.1) is 5.69 Å². The van der Waals surface area contributed by atoms with Gasteiger partial charge in [-0.25, -0.2) is 0 Å². The largest absolute Gasteiger partial charge is 0.381 e. The lowest BCUT2D eigenvalue weighted by molar-refractivity contribution is -0.115. The zero-order valence-electron chi connectivity index (χ0n) is 16.3. The second-order valence-corrected chi connectivity index (χ2v) is 6.91. The van der Waals surface area contributed by atoms with Crippen LogP contribution in [0.15, 0.2) is 53.5 Å². The monoisotopic (exact) mass is 364 g/mol. The van der Waals surface area contributed by atoms with Crippen molar-refractivity contribution in [2.45, 2.75) is 32.7 Å². The lowest BCUT2D eigenvalue weighted by Gasteiger charge is -2.24. The molecule has 1 aliphatic rings. The molecule has 2 aromatic rings. The van der Waals surface area contributed by atoms with Gasteiger partial charge in [-0.15, -0.1) is 0 Å². The Kier molecular flexibility index (Phi) is 6.24. The summed E-state index contributed by atoms with van der Waals surface area (Å²) in [4.78, 5) is 19.1. The summed E-state index contributed by atoms with van der Waals surface area (Å²) >= 11 is 0. The molecule has 0 bridgehead atoms. The Morgan fingerprint density at radius 2 is 1.85 bits per heavy atom. The van der Waals surface area contributed by atoms with Crippen molar-refractivity contribution < 1.29 is 4.79 Å². The van der Waals surface area contributed by atoms with Crippen LogP contribution in [0.3, 0.4) is 0 Å². The average molecular weight is 364 g/mol. The van der Waals surface area contributed by atoms with Crippen molar-refractivity contribution in [3.8, 4) is 0 Å². The molecule has 0 aliphatic carbocycles. The molecule has 2 aromatic carbocycles. The van der Waals surface area contributed by atoms with Gasteiger partial charge in [-0.3, -0.25) is 9.79 Å². The van der Waals surface area contributed by atoms with Crippen LogP contribution in [0.2, 0.25) is 0 Å². The summed E-state index contributed by atoms with van der Waals surface area (Å²) in [6.45, 7) is 9.71. The minimum Gasteiger partial charge on any atom is -0.381 e. The molecular weight excluding hydrogens is 336 g/mol. The minimum atomic E-state index is -0.326. The predicted molar refractivity (Wildman–Crippen MR) is 113 cm³/mol. The van der Waals surface area contributed by atoms with E-state index in [1.165, 1.54) is 0 Å². The second kappa shape index (κ2) is 8.82. The van der Waals surface area contributed by atoms with Gasteiger partial charge in [-0.1, -0.05) is 32.0 Å². The van der Waals surface area contributed by atoms with Crippen molar-refractivity contribution in [2.24, 2.45) is 4.99 Å². The lowest BCUT2D eigenvalue weighted by atomic mass is 10.0. The van der Waals surface area contributed by atoms with Crippen LogP contribution in [0.4, 0.5) is 17.1 Å². The van der Waals surface area contributed by atoms with E-state index in [9.17, 15) is 4.79 Å². The van der Waals surface area contributed by atoms with Gasteiger partial charge in [0.1, 0.15) is 5.92 Å². The maximum absolute atomic E-state index is 12.1. The van der Waals surface area contributed by atoms with E-state index in [0.717, 1.165) is 42.3 Å². The predicted octanol–water partition coefficient (Wildman–Crippen LogP) is 4.27. The number of hydrogen-bond acceptors (Lipinski definition) is 4. The van der Waals surface area contributed by atoms with E-state index in [4.69, 9.17) is 0 Å². The summed E-state index contributed by atoms with van der Waals surface area (Å²) in [7, 11) is 0. The summed E-state index contributed by atoms with van der Waals surface area (Å²) in [6, 6.07) is 16.1. The Hall–Kier alpha value is -2.66. The topological polar surface area (TPSA) is 56.7 Å². The average Bonchev–Trinajstić information content (AvgIpc) is 3.00. The molecular formula is C22H28N4O. The molecule has 0 radical (unpaired) electrons. The van der Waals surface area contributed by atoms with Crippen LogP contribution in [-0.2, 0) is 4.79 Å². The van der Waals surface area contributed by atoms with Crippen LogP contribution in [0, 0.1) is 0 Å². The Morgan fingerprint density at radius 1 is 1.15 bits per heavy atom. The summed E-state index contributed by atoms with van der Waals surface area (Å²) in [6.07, 6.45) is 1.73. The van der Waals surface area contributed by atoms with Gasteiger partial charge < -0.3 is 15.5 Å². The number of nitrogens with zero attached hydrogens (tertiary/aromatic N) is 2. The number of likely N-dealkylation sites (N-methyl/N-ethyl adjacent to an activating group) is 1.